The number of aromatic nitrogens is 2. The fraction of sp³-hybridized carbons (Fsp3) is 0.103. The first kappa shape index (κ1) is 27.0. The molecule has 7 aromatic rings. The van der Waals surface area contributed by atoms with E-state index in [2.05, 4.69) is 110 Å². The molecule has 0 N–H and O–H groups in total. The lowest BCUT2D eigenvalue weighted by molar-refractivity contribution is 0.112. The molecule has 1 aliphatic rings. The predicted octanol–water partition coefficient (Wildman–Crippen LogP) is 10.2. The number of fused-ring (bicyclic) bond motifs is 4. The van der Waals surface area contributed by atoms with Crippen LogP contribution in [0.5, 0.6) is 11.5 Å². The summed E-state index contributed by atoms with van der Waals surface area (Å²) >= 11 is 0. The number of pyridine rings is 1. The zero-order valence-corrected chi connectivity index (χ0v) is 25.4. The van der Waals surface area contributed by atoms with Crippen LogP contribution in [0.15, 0.2) is 134 Å². The van der Waals surface area contributed by atoms with Gasteiger partial charge in [-0.2, -0.15) is 5.06 Å². The van der Waals surface area contributed by atoms with Gasteiger partial charge in [0.25, 0.3) is 0 Å². The number of para-hydroxylation sites is 3. The molecule has 0 spiro atoms. The SMILES string of the molecule is Cc1ccccc1-c1ccnc(-n2c3ccccc3c3ccc(Oc4cccc(N5ON(C(C)C)c6ccccc65)c4)cc32)c1. The van der Waals surface area contributed by atoms with Crippen LogP contribution < -0.4 is 14.9 Å². The first-order valence-corrected chi connectivity index (χ1v) is 15.3. The largest absolute Gasteiger partial charge is 0.457 e. The quantitative estimate of drug-likeness (QED) is 0.193. The summed E-state index contributed by atoms with van der Waals surface area (Å²) in [7, 11) is 0. The van der Waals surface area contributed by atoms with Gasteiger partial charge in [-0.15, -0.1) is 4.94 Å². The van der Waals surface area contributed by atoms with E-state index in [0.29, 0.717) is 0 Å². The van der Waals surface area contributed by atoms with Crippen molar-refractivity contribution in [3.05, 3.63) is 139 Å². The molecule has 6 heteroatoms. The van der Waals surface area contributed by atoms with Gasteiger partial charge in [-0.1, -0.05) is 60.7 Å². The lowest BCUT2D eigenvalue weighted by Crippen LogP contribution is -2.30. The molecule has 0 radical (unpaired) electrons. The summed E-state index contributed by atoms with van der Waals surface area (Å²) < 4.78 is 8.74. The predicted molar refractivity (Wildman–Crippen MR) is 183 cm³/mol. The number of hydrogen-bond acceptors (Lipinski definition) is 5. The van der Waals surface area contributed by atoms with E-state index in [1.54, 1.807) is 0 Å². The molecular weight excluding hydrogens is 556 g/mol. The summed E-state index contributed by atoms with van der Waals surface area (Å²) in [5.74, 6) is 2.32. The van der Waals surface area contributed by atoms with Crippen LogP contribution in [0.2, 0.25) is 0 Å². The molecule has 0 amide bonds. The van der Waals surface area contributed by atoms with E-state index in [9.17, 15) is 0 Å². The van der Waals surface area contributed by atoms with Gasteiger partial charge < -0.3 is 4.74 Å². The van der Waals surface area contributed by atoms with Crippen LogP contribution in [0.25, 0.3) is 38.8 Å². The van der Waals surface area contributed by atoms with Gasteiger partial charge in [-0.3, -0.25) is 4.57 Å². The Morgan fingerprint density at radius 3 is 2.29 bits per heavy atom. The first-order chi connectivity index (χ1) is 22.0. The second-order valence-corrected chi connectivity index (χ2v) is 11.6. The number of aryl methyl sites for hydroxylation is 1. The third-order valence-corrected chi connectivity index (χ3v) is 8.34. The van der Waals surface area contributed by atoms with Crippen molar-refractivity contribution in [2.24, 2.45) is 0 Å². The summed E-state index contributed by atoms with van der Waals surface area (Å²) in [6, 6.07) is 43.8. The van der Waals surface area contributed by atoms with E-state index in [0.717, 1.165) is 56.4 Å². The average molecular weight is 589 g/mol. The summed E-state index contributed by atoms with van der Waals surface area (Å²) in [5, 5.41) is 6.10. The zero-order valence-electron chi connectivity index (χ0n) is 25.4. The van der Waals surface area contributed by atoms with Crippen LogP contribution in [-0.2, 0) is 4.94 Å². The Bertz CT molecular complexity index is 2200. The molecule has 220 valence electrons. The third-order valence-electron chi connectivity index (χ3n) is 8.34. The highest BCUT2D eigenvalue weighted by Gasteiger charge is 2.30. The van der Waals surface area contributed by atoms with E-state index >= 15 is 0 Å². The van der Waals surface area contributed by atoms with Gasteiger partial charge in [-0.05, 0) is 92.1 Å². The Labute approximate surface area is 262 Å². The maximum atomic E-state index is 6.52. The van der Waals surface area contributed by atoms with E-state index in [-0.39, 0.29) is 6.04 Å². The van der Waals surface area contributed by atoms with E-state index in [1.165, 1.54) is 16.5 Å². The molecule has 8 rings (SSSR count). The van der Waals surface area contributed by atoms with Gasteiger partial charge >= 0.3 is 0 Å². The second kappa shape index (κ2) is 10.8. The number of hydrogen-bond donors (Lipinski definition) is 0. The lowest BCUT2D eigenvalue weighted by Gasteiger charge is -2.23. The number of anilines is 3. The van der Waals surface area contributed by atoms with Crippen LogP contribution in [0.3, 0.4) is 0 Å². The normalized spacial score (nSPS) is 12.8. The highest BCUT2D eigenvalue weighted by Crippen LogP contribution is 2.43. The Morgan fingerprint density at radius 2 is 1.42 bits per heavy atom. The van der Waals surface area contributed by atoms with Crippen molar-refractivity contribution in [3.8, 4) is 28.4 Å². The third kappa shape index (κ3) is 4.67. The number of benzene rings is 5. The smallest absolute Gasteiger partial charge is 0.138 e. The summed E-state index contributed by atoms with van der Waals surface area (Å²) in [5.41, 5.74) is 8.61. The fourth-order valence-corrected chi connectivity index (χ4v) is 6.23. The minimum atomic E-state index is 0.181. The van der Waals surface area contributed by atoms with Gasteiger partial charge in [0.1, 0.15) is 17.3 Å². The molecule has 0 saturated carbocycles. The van der Waals surface area contributed by atoms with E-state index in [4.69, 9.17) is 14.7 Å². The Morgan fingerprint density at radius 1 is 0.667 bits per heavy atom. The van der Waals surface area contributed by atoms with Gasteiger partial charge in [-0.25, -0.2) is 10.0 Å². The lowest BCUT2D eigenvalue weighted by atomic mass is 10.0. The zero-order chi connectivity index (χ0) is 30.5. The molecule has 45 heavy (non-hydrogen) atoms. The molecule has 2 aromatic heterocycles. The number of hydroxylamine groups is 1. The second-order valence-electron chi connectivity index (χ2n) is 11.6. The van der Waals surface area contributed by atoms with Gasteiger partial charge in [0.05, 0.1) is 34.1 Å². The molecule has 0 aliphatic carbocycles. The summed E-state index contributed by atoms with van der Waals surface area (Å²) in [6.07, 6.45) is 1.89. The van der Waals surface area contributed by atoms with Crippen LogP contribution in [0, 0.1) is 6.92 Å². The van der Waals surface area contributed by atoms with Crippen molar-refractivity contribution < 1.29 is 9.68 Å². The molecule has 0 bridgehead atoms. The van der Waals surface area contributed by atoms with Crippen molar-refractivity contribution in [1.82, 2.24) is 9.55 Å². The van der Waals surface area contributed by atoms with Crippen LogP contribution in [-0.4, -0.2) is 15.6 Å². The Kier molecular flexibility index (Phi) is 6.50. The molecule has 1 aliphatic heterocycles. The Balaban J connectivity index is 1.19. The van der Waals surface area contributed by atoms with Gasteiger partial charge in [0.15, 0.2) is 0 Å². The van der Waals surface area contributed by atoms with Crippen molar-refractivity contribution in [1.29, 1.82) is 0 Å². The maximum absolute atomic E-state index is 6.52. The van der Waals surface area contributed by atoms with Gasteiger partial charge in [0, 0.05) is 29.1 Å². The molecule has 0 fully saturated rings. The molecular formula is C39H32N4O2. The molecule has 0 unspecified atom stereocenters. The first-order valence-electron chi connectivity index (χ1n) is 15.3. The van der Waals surface area contributed by atoms with Gasteiger partial charge in [0.2, 0.25) is 0 Å². The van der Waals surface area contributed by atoms with Crippen LogP contribution >= 0.6 is 0 Å². The number of rotatable bonds is 6. The fourth-order valence-electron chi connectivity index (χ4n) is 6.23. The van der Waals surface area contributed by atoms with Crippen molar-refractivity contribution in [2.45, 2.75) is 26.8 Å². The van der Waals surface area contributed by atoms with Crippen molar-refractivity contribution in [2.75, 3.05) is 10.1 Å². The summed E-state index contributed by atoms with van der Waals surface area (Å²) in [4.78, 5) is 11.1. The molecule has 0 saturated heterocycles. The standard InChI is InChI=1S/C39H32N4O2/c1-26(2)42-36-17-8-9-18-37(36)43(45-42)29-12-10-13-30(24-29)44-31-19-20-34-33-15-6-7-16-35(33)41(38(34)25-31)39-23-28(21-22-40-39)32-14-5-4-11-27(32)3/h4-26H,1-3H3. The maximum Gasteiger partial charge on any atom is 0.138 e. The Hall–Kier alpha value is -5.59. The number of ether oxygens (including phenoxy) is 1. The van der Waals surface area contributed by atoms with Crippen LogP contribution in [0.4, 0.5) is 17.1 Å². The average Bonchev–Trinajstić information content (AvgIpc) is 3.62. The number of nitrogens with zero attached hydrogens (tertiary/aromatic N) is 4. The molecule has 6 nitrogen and oxygen atoms in total. The molecule has 3 heterocycles. The van der Waals surface area contributed by atoms with Crippen molar-refractivity contribution in [3.63, 3.8) is 0 Å². The minimum Gasteiger partial charge on any atom is -0.457 e. The highest BCUT2D eigenvalue weighted by atomic mass is 16.8. The summed E-state index contributed by atoms with van der Waals surface area (Å²) in [6.45, 7) is 6.37. The molecule has 0 atom stereocenters. The minimum absolute atomic E-state index is 0.181. The monoisotopic (exact) mass is 588 g/mol. The van der Waals surface area contributed by atoms with Crippen LogP contribution in [0.1, 0.15) is 19.4 Å². The highest BCUT2D eigenvalue weighted by molar-refractivity contribution is 6.09. The topological polar surface area (TPSA) is 42.8 Å². The van der Waals surface area contributed by atoms with E-state index in [1.807, 2.05) is 58.8 Å². The molecule has 5 aromatic carbocycles. The van der Waals surface area contributed by atoms with Crippen molar-refractivity contribution >= 4 is 38.9 Å². The van der Waals surface area contributed by atoms with E-state index < -0.39 is 0 Å².